The second-order valence-electron chi connectivity index (χ2n) is 6.00. The number of hydrogen-bond donors (Lipinski definition) is 2. The van der Waals surface area contributed by atoms with Gasteiger partial charge in [0.25, 0.3) is 0 Å². The lowest BCUT2D eigenvalue weighted by Gasteiger charge is -2.43. The summed E-state index contributed by atoms with van der Waals surface area (Å²) in [4.78, 5) is 12.0. The van der Waals surface area contributed by atoms with Crippen molar-refractivity contribution in [2.24, 2.45) is 0 Å². The fraction of sp³-hybridized carbons (Fsp3) is 0.500. The SMILES string of the molecule is O=C1Nc2c(Cl)ccc(OS(=O)(=O)C(F)(F)F)c2C2(CCCCC2)N1. The van der Waals surface area contributed by atoms with Crippen LogP contribution in [0.5, 0.6) is 5.75 Å². The Hall–Kier alpha value is -1.68. The van der Waals surface area contributed by atoms with Crippen molar-refractivity contribution in [3.05, 3.63) is 22.7 Å². The zero-order valence-corrected chi connectivity index (χ0v) is 14.3. The minimum Gasteiger partial charge on any atom is -0.376 e. The van der Waals surface area contributed by atoms with Crippen LogP contribution in [0.4, 0.5) is 23.7 Å². The summed E-state index contributed by atoms with van der Waals surface area (Å²) in [5.74, 6) is -0.494. The van der Waals surface area contributed by atoms with Crippen LogP contribution in [-0.4, -0.2) is 20.0 Å². The highest BCUT2D eigenvalue weighted by molar-refractivity contribution is 7.88. The first-order valence-corrected chi connectivity index (χ1v) is 9.27. The van der Waals surface area contributed by atoms with E-state index in [0.717, 1.165) is 25.3 Å². The first-order valence-electron chi connectivity index (χ1n) is 7.49. The van der Waals surface area contributed by atoms with Crippen LogP contribution in [0.2, 0.25) is 5.02 Å². The Bertz CT molecular complexity index is 820. The fourth-order valence-corrected chi connectivity index (χ4v) is 4.02. The van der Waals surface area contributed by atoms with Crippen LogP contribution in [0.3, 0.4) is 0 Å². The number of halogens is 4. The summed E-state index contributed by atoms with van der Waals surface area (Å²) in [6, 6.07) is 1.70. The molecule has 1 spiro atoms. The summed E-state index contributed by atoms with van der Waals surface area (Å²) in [5, 5.41) is 5.23. The van der Waals surface area contributed by atoms with Gasteiger partial charge >= 0.3 is 21.7 Å². The molecule has 138 valence electrons. The number of amides is 2. The molecule has 6 nitrogen and oxygen atoms in total. The Morgan fingerprint density at radius 2 is 1.80 bits per heavy atom. The Morgan fingerprint density at radius 1 is 1.16 bits per heavy atom. The number of alkyl halides is 3. The molecule has 0 radical (unpaired) electrons. The Morgan fingerprint density at radius 3 is 2.40 bits per heavy atom. The van der Waals surface area contributed by atoms with E-state index in [1.807, 2.05) is 0 Å². The van der Waals surface area contributed by atoms with Gasteiger partial charge in [0.1, 0.15) is 0 Å². The standard InChI is InChI=1S/C14H14ClF3N2O4S/c15-8-4-5-9(24-25(22,23)14(16,17)18)10-11(8)19-12(21)20-13(10)6-2-1-3-7-13/h4-5H,1-3,6-7H2,(H2,19,20,21). The summed E-state index contributed by atoms with van der Waals surface area (Å²) in [6.07, 6.45) is 3.22. The molecule has 1 aromatic carbocycles. The van der Waals surface area contributed by atoms with Crippen molar-refractivity contribution >= 4 is 33.4 Å². The van der Waals surface area contributed by atoms with Gasteiger partial charge in [-0.2, -0.15) is 21.6 Å². The summed E-state index contributed by atoms with van der Waals surface area (Å²) in [6.45, 7) is 0. The molecule has 0 unspecified atom stereocenters. The number of carbonyl (C=O) groups excluding carboxylic acids is 1. The maximum atomic E-state index is 12.7. The number of urea groups is 1. The molecule has 3 rings (SSSR count). The van der Waals surface area contributed by atoms with E-state index in [1.165, 1.54) is 6.07 Å². The molecule has 2 amide bonds. The smallest absolute Gasteiger partial charge is 0.376 e. The van der Waals surface area contributed by atoms with Gasteiger partial charge in [0, 0.05) is 5.56 Å². The molecular formula is C14H14ClF3N2O4S. The molecule has 0 saturated heterocycles. The van der Waals surface area contributed by atoms with Crippen molar-refractivity contribution in [1.29, 1.82) is 0 Å². The molecule has 2 N–H and O–H groups in total. The summed E-state index contributed by atoms with van der Waals surface area (Å²) >= 11 is 6.07. The number of anilines is 1. The van der Waals surface area contributed by atoms with Crippen LogP contribution in [0.15, 0.2) is 12.1 Å². The minimum absolute atomic E-state index is 0.0715. The van der Waals surface area contributed by atoms with E-state index in [2.05, 4.69) is 14.8 Å². The number of nitrogens with one attached hydrogen (secondary N) is 2. The second-order valence-corrected chi connectivity index (χ2v) is 7.95. The molecule has 0 bridgehead atoms. The highest BCUT2D eigenvalue weighted by Crippen LogP contribution is 2.49. The van der Waals surface area contributed by atoms with Gasteiger partial charge in [-0.15, -0.1) is 0 Å². The third-order valence-corrected chi connectivity index (χ3v) is 5.66. The molecule has 1 aliphatic carbocycles. The monoisotopic (exact) mass is 398 g/mol. The zero-order chi connectivity index (χ0) is 18.5. The van der Waals surface area contributed by atoms with Crippen molar-refractivity contribution in [1.82, 2.24) is 5.32 Å². The lowest BCUT2D eigenvalue weighted by atomic mass is 9.74. The average molecular weight is 399 g/mol. The van der Waals surface area contributed by atoms with Crippen LogP contribution in [0, 0.1) is 0 Å². The van der Waals surface area contributed by atoms with Crippen molar-refractivity contribution in [2.45, 2.75) is 43.2 Å². The van der Waals surface area contributed by atoms with Crippen LogP contribution in [0.1, 0.15) is 37.7 Å². The van der Waals surface area contributed by atoms with E-state index < -0.39 is 32.9 Å². The molecule has 1 aliphatic heterocycles. The zero-order valence-electron chi connectivity index (χ0n) is 12.7. The highest BCUT2D eigenvalue weighted by Gasteiger charge is 2.50. The third kappa shape index (κ3) is 3.12. The number of fused-ring (bicyclic) bond motifs is 2. The summed E-state index contributed by atoms with van der Waals surface area (Å²) in [7, 11) is -5.85. The lowest BCUT2D eigenvalue weighted by Crippen LogP contribution is -2.53. The Labute approximate surface area is 146 Å². The van der Waals surface area contributed by atoms with Gasteiger partial charge in [0.2, 0.25) is 0 Å². The van der Waals surface area contributed by atoms with E-state index in [9.17, 15) is 26.4 Å². The Balaban J connectivity index is 2.17. The van der Waals surface area contributed by atoms with Crippen molar-refractivity contribution in [3.8, 4) is 5.75 Å². The van der Waals surface area contributed by atoms with E-state index in [4.69, 9.17) is 11.6 Å². The minimum atomic E-state index is -5.85. The first kappa shape index (κ1) is 18.1. The van der Waals surface area contributed by atoms with E-state index in [-0.39, 0.29) is 16.3 Å². The molecule has 0 aromatic heterocycles. The summed E-state index contributed by atoms with van der Waals surface area (Å²) < 4.78 is 65.4. The Kier molecular flexibility index (Phi) is 4.31. The number of carbonyl (C=O) groups is 1. The topological polar surface area (TPSA) is 84.5 Å². The summed E-state index contributed by atoms with van der Waals surface area (Å²) in [5.41, 5.74) is -6.38. The van der Waals surface area contributed by atoms with Crippen molar-refractivity contribution in [3.63, 3.8) is 0 Å². The average Bonchev–Trinajstić information content (AvgIpc) is 2.49. The van der Waals surface area contributed by atoms with Crippen LogP contribution < -0.4 is 14.8 Å². The van der Waals surface area contributed by atoms with Gasteiger partial charge in [-0.3, -0.25) is 0 Å². The van der Waals surface area contributed by atoms with Crippen molar-refractivity contribution in [2.75, 3.05) is 5.32 Å². The number of rotatable bonds is 2. The highest BCUT2D eigenvalue weighted by atomic mass is 35.5. The van der Waals surface area contributed by atoms with Gasteiger partial charge in [-0.05, 0) is 25.0 Å². The van der Waals surface area contributed by atoms with Crippen LogP contribution >= 0.6 is 11.6 Å². The van der Waals surface area contributed by atoms with Crippen molar-refractivity contribution < 1.29 is 30.6 Å². The van der Waals surface area contributed by atoms with E-state index in [1.54, 1.807) is 0 Å². The molecule has 25 heavy (non-hydrogen) atoms. The fourth-order valence-electron chi connectivity index (χ4n) is 3.35. The van der Waals surface area contributed by atoms with Crippen LogP contribution in [0.25, 0.3) is 0 Å². The quantitative estimate of drug-likeness (QED) is 0.585. The first-order chi connectivity index (χ1) is 11.6. The number of hydrogen-bond acceptors (Lipinski definition) is 4. The molecule has 2 aliphatic rings. The molecule has 1 fully saturated rings. The molecule has 11 heteroatoms. The lowest BCUT2D eigenvalue weighted by molar-refractivity contribution is -0.0500. The molecular weight excluding hydrogens is 385 g/mol. The van der Waals surface area contributed by atoms with Gasteiger partial charge < -0.3 is 14.8 Å². The van der Waals surface area contributed by atoms with Gasteiger partial charge in [-0.1, -0.05) is 30.9 Å². The predicted octanol–water partition coefficient (Wildman–Crippen LogP) is 3.86. The maximum Gasteiger partial charge on any atom is 0.534 e. The second kappa shape index (κ2) is 5.94. The number of benzene rings is 1. The molecule has 0 atom stereocenters. The molecule has 1 saturated carbocycles. The maximum absolute atomic E-state index is 12.7. The van der Waals surface area contributed by atoms with Crippen LogP contribution in [-0.2, 0) is 15.7 Å². The van der Waals surface area contributed by atoms with Gasteiger partial charge in [-0.25, -0.2) is 4.79 Å². The van der Waals surface area contributed by atoms with Gasteiger partial charge in [0.05, 0.1) is 16.2 Å². The molecule has 1 aromatic rings. The largest absolute Gasteiger partial charge is 0.534 e. The van der Waals surface area contributed by atoms with Gasteiger partial charge in [0.15, 0.2) is 5.75 Å². The third-order valence-electron chi connectivity index (χ3n) is 4.38. The predicted molar refractivity (Wildman–Crippen MR) is 84.0 cm³/mol. The normalized spacial score (nSPS) is 19.8. The molecule has 1 heterocycles. The van der Waals surface area contributed by atoms with E-state index in [0.29, 0.717) is 12.8 Å². The van der Waals surface area contributed by atoms with E-state index >= 15 is 0 Å².